The summed E-state index contributed by atoms with van der Waals surface area (Å²) in [7, 11) is 0. The van der Waals surface area contributed by atoms with Gasteiger partial charge in [0, 0.05) is 30.5 Å². The Labute approximate surface area is 119 Å². The molecule has 0 spiro atoms. The summed E-state index contributed by atoms with van der Waals surface area (Å²) in [5.74, 6) is 0.786. The minimum absolute atomic E-state index is 0.786. The smallest absolute Gasteiger partial charge is 0.178 e. The van der Waals surface area contributed by atoms with Crippen molar-refractivity contribution in [1.29, 1.82) is 0 Å². The van der Waals surface area contributed by atoms with Gasteiger partial charge in [0.05, 0.1) is 5.69 Å². The largest absolute Gasteiger partial charge is 0.307 e. The molecule has 2 aromatic heterocycles. The molecule has 3 heterocycles. The van der Waals surface area contributed by atoms with E-state index in [1.165, 1.54) is 16.8 Å². The van der Waals surface area contributed by atoms with Crippen LogP contribution >= 0.6 is 0 Å². The Kier molecular flexibility index (Phi) is 3.74. The first-order valence-electron chi connectivity index (χ1n) is 7.37. The van der Waals surface area contributed by atoms with E-state index in [1.807, 2.05) is 12.3 Å². The van der Waals surface area contributed by atoms with Gasteiger partial charge in [-0.05, 0) is 24.5 Å². The molecule has 4 nitrogen and oxygen atoms in total. The number of pyridine rings is 1. The van der Waals surface area contributed by atoms with Gasteiger partial charge >= 0.3 is 0 Å². The van der Waals surface area contributed by atoms with Crippen LogP contribution in [0.2, 0.25) is 0 Å². The molecular weight excluding hydrogens is 248 g/mol. The van der Waals surface area contributed by atoms with E-state index in [9.17, 15) is 0 Å². The van der Waals surface area contributed by atoms with Crippen LogP contribution in [0.15, 0.2) is 18.3 Å². The number of aromatic nitrogens is 3. The van der Waals surface area contributed by atoms with Gasteiger partial charge in [-0.15, -0.1) is 0 Å². The molecule has 0 amide bonds. The predicted molar refractivity (Wildman–Crippen MR) is 79.2 cm³/mol. The fraction of sp³-hybridized carbons (Fsp3) is 0.438. The normalized spacial score (nSPS) is 13.5. The summed E-state index contributed by atoms with van der Waals surface area (Å²) in [4.78, 5) is 14.0. The second-order valence-electron chi connectivity index (χ2n) is 5.14. The molecule has 1 aliphatic heterocycles. The number of nitrogens with zero attached hydrogens (tertiary/aromatic N) is 3. The van der Waals surface area contributed by atoms with Gasteiger partial charge in [-0.25, -0.2) is 9.97 Å². The van der Waals surface area contributed by atoms with Crippen LogP contribution in [0.4, 0.5) is 0 Å². The van der Waals surface area contributed by atoms with E-state index in [2.05, 4.69) is 30.2 Å². The second kappa shape index (κ2) is 5.67. The molecule has 0 fully saturated rings. The molecular formula is C16H20N4. The first-order chi connectivity index (χ1) is 9.83. The number of rotatable bonds is 4. The summed E-state index contributed by atoms with van der Waals surface area (Å²) in [6, 6.07) is 4.08. The fourth-order valence-electron chi connectivity index (χ4n) is 2.71. The van der Waals surface area contributed by atoms with Crippen molar-refractivity contribution >= 4 is 0 Å². The molecule has 1 aliphatic rings. The van der Waals surface area contributed by atoms with Gasteiger partial charge in [-0.2, -0.15) is 0 Å². The van der Waals surface area contributed by atoms with Crippen LogP contribution < -0.4 is 5.32 Å². The van der Waals surface area contributed by atoms with E-state index in [0.29, 0.717) is 0 Å². The topological polar surface area (TPSA) is 50.7 Å². The zero-order valence-corrected chi connectivity index (χ0v) is 12.1. The van der Waals surface area contributed by atoms with Crippen molar-refractivity contribution in [3.8, 4) is 11.5 Å². The summed E-state index contributed by atoms with van der Waals surface area (Å²) in [6.45, 7) is 6.07. The van der Waals surface area contributed by atoms with Gasteiger partial charge in [0.15, 0.2) is 5.82 Å². The van der Waals surface area contributed by atoms with Crippen LogP contribution in [-0.4, -0.2) is 15.0 Å². The lowest BCUT2D eigenvalue weighted by atomic mass is 10.1. The molecule has 0 saturated heterocycles. The molecule has 0 bridgehead atoms. The maximum atomic E-state index is 4.80. The summed E-state index contributed by atoms with van der Waals surface area (Å²) in [5, 5.41) is 3.37. The third-order valence-electron chi connectivity index (χ3n) is 3.74. The van der Waals surface area contributed by atoms with Crippen LogP contribution in [0.5, 0.6) is 0 Å². The SMILES string of the molecule is CCCc1nc(-c2ncccc2CC)nc2c1CNC2. The van der Waals surface area contributed by atoms with Gasteiger partial charge in [0.1, 0.15) is 5.69 Å². The monoisotopic (exact) mass is 268 g/mol. The van der Waals surface area contributed by atoms with Crippen LogP contribution in [-0.2, 0) is 25.9 Å². The van der Waals surface area contributed by atoms with Crippen molar-refractivity contribution in [1.82, 2.24) is 20.3 Å². The van der Waals surface area contributed by atoms with Gasteiger partial charge < -0.3 is 5.32 Å². The highest BCUT2D eigenvalue weighted by atomic mass is 15.0. The highest BCUT2D eigenvalue weighted by Gasteiger charge is 2.20. The van der Waals surface area contributed by atoms with Gasteiger partial charge in [-0.3, -0.25) is 4.98 Å². The first-order valence-corrected chi connectivity index (χ1v) is 7.37. The average molecular weight is 268 g/mol. The molecule has 0 saturated carbocycles. The molecule has 3 rings (SSSR count). The van der Waals surface area contributed by atoms with Gasteiger partial charge in [0.25, 0.3) is 0 Å². The highest BCUT2D eigenvalue weighted by molar-refractivity contribution is 5.56. The Morgan fingerprint density at radius 1 is 1.20 bits per heavy atom. The number of aryl methyl sites for hydroxylation is 2. The number of hydrogen-bond acceptors (Lipinski definition) is 4. The van der Waals surface area contributed by atoms with Crippen molar-refractivity contribution in [2.75, 3.05) is 0 Å². The molecule has 0 aromatic carbocycles. The standard InChI is InChI=1S/C16H20N4/c1-3-6-13-12-9-17-10-14(12)20-16(19-13)15-11(4-2)7-5-8-18-15/h5,7-8,17H,3-4,6,9-10H2,1-2H3. The summed E-state index contributed by atoms with van der Waals surface area (Å²) in [6.07, 6.45) is 4.88. The average Bonchev–Trinajstić information content (AvgIpc) is 2.96. The minimum Gasteiger partial charge on any atom is -0.307 e. The Hall–Kier alpha value is -1.81. The molecule has 20 heavy (non-hydrogen) atoms. The van der Waals surface area contributed by atoms with E-state index in [0.717, 1.165) is 49.6 Å². The number of fused-ring (bicyclic) bond motifs is 1. The van der Waals surface area contributed by atoms with Crippen LogP contribution in [0, 0.1) is 0 Å². The molecule has 0 atom stereocenters. The number of hydrogen-bond donors (Lipinski definition) is 1. The first kappa shape index (κ1) is 13.2. The lowest BCUT2D eigenvalue weighted by molar-refractivity contribution is 0.753. The Morgan fingerprint density at radius 2 is 2.10 bits per heavy atom. The molecule has 104 valence electrons. The van der Waals surface area contributed by atoms with E-state index in [4.69, 9.17) is 9.97 Å². The van der Waals surface area contributed by atoms with Crippen molar-refractivity contribution in [3.05, 3.63) is 40.8 Å². The lowest BCUT2D eigenvalue weighted by Gasteiger charge is -2.10. The van der Waals surface area contributed by atoms with E-state index >= 15 is 0 Å². The lowest BCUT2D eigenvalue weighted by Crippen LogP contribution is -2.05. The number of nitrogens with one attached hydrogen (secondary N) is 1. The van der Waals surface area contributed by atoms with Crippen LogP contribution in [0.1, 0.15) is 42.8 Å². The Balaban J connectivity index is 2.12. The predicted octanol–water partition coefficient (Wildman–Crippen LogP) is 2.66. The maximum absolute atomic E-state index is 4.80. The molecule has 4 heteroatoms. The molecule has 2 aromatic rings. The zero-order chi connectivity index (χ0) is 13.9. The summed E-state index contributed by atoms with van der Waals surface area (Å²) in [5.41, 5.74) is 5.77. The maximum Gasteiger partial charge on any atom is 0.178 e. The van der Waals surface area contributed by atoms with Gasteiger partial charge in [0.2, 0.25) is 0 Å². The van der Waals surface area contributed by atoms with Crippen LogP contribution in [0.3, 0.4) is 0 Å². The van der Waals surface area contributed by atoms with Crippen molar-refractivity contribution < 1.29 is 0 Å². The van der Waals surface area contributed by atoms with E-state index in [1.54, 1.807) is 0 Å². The van der Waals surface area contributed by atoms with Gasteiger partial charge in [-0.1, -0.05) is 26.3 Å². The molecule has 0 aliphatic carbocycles. The summed E-state index contributed by atoms with van der Waals surface area (Å²) < 4.78 is 0. The third-order valence-corrected chi connectivity index (χ3v) is 3.74. The van der Waals surface area contributed by atoms with Crippen molar-refractivity contribution in [2.45, 2.75) is 46.2 Å². The summed E-state index contributed by atoms with van der Waals surface area (Å²) >= 11 is 0. The van der Waals surface area contributed by atoms with E-state index in [-0.39, 0.29) is 0 Å². The van der Waals surface area contributed by atoms with Crippen molar-refractivity contribution in [2.24, 2.45) is 0 Å². The third kappa shape index (κ3) is 2.31. The minimum atomic E-state index is 0.786. The van der Waals surface area contributed by atoms with E-state index < -0.39 is 0 Å². The zero-order valence-electron chi connectivity index (χ0n) is 12.1. The Morgan fingerprint density at radius 3 is 2.90 bits per heavy atom. The fourth-order valence-corrected chi connectivity index (χ4v) is 2.71. The molecule has 1 N–H and O–H groups in total. The van der Waals surface area contributed by atoms with Crippen LogP contribution in [0.25, 0.3) is 11.5 Å². The highest BCUT2D eigenvalue weighted by Crippen LogP contribution is 2.24. The quantitative estimate of drug-likeness (QED) is 0.926. The molecule has 0 radical (unpaired) electrons. The van der Waals surface area contributed by atoms with Crippen molar-refractivity contribution in [3.63, 3.8) is 0 Å². The Bertz CT molecular complexity index is 622. The second-order valence-corrected chi connectivity index (χ2v) is 5.14. The molecule has 0 unspecified atom stereocenters.